The summed E-state index contributed by atoms with van der Waals surface area (Å²) < 4.78 is 0. The van der Waals surface area contributed by atoms with Crippen LogP contribution in [0.5, 0.6) is 0 Å². The fraction of sp³-hybridized carbons (Fsp3) is 1.00. The first-order chi connectivity index (χ1) is 34.5. The Bertz CT molecular complexity index is 1150. The van der Waals surface area contributed by atoms with Gasteiger partial charge in [-0.2, -0.15) is 0 Å². The molecule has 0 aromatic carbocycles. The topological polar surface area (TPSA) is 22.7 Å². The SMILES string of the molecule is CC(C)CCN1CCCCC1.CC(C)C[C@@H]1CCCN1C.CC(C)C[C@@H]1CCN(C)C1.CC(C)C[C@H]1CCCN1C.CC(C)C[C@H]1CCN(C)C1.CCN1CC[C@@H](CC(C)C)C1.CCN1CC[C@H](CC(C)C)C1. The number of rotatable bonds is 17. The van der Waals surface area contributed by atoms with Gasteiger partial charge in [0, 0.05) is 38.3 Å². The normalized spacial score (nSPS) is 26.7. The molecule has 0 N–H and O–H groups in total. The van der Waals surface area contributed by atoms with Gasteiger partial charge in [-0.1, -0.05) is 117 Å². The highest BCUT2D eigenvalue weighted by molar-refractivity contribution is 4.80. The van der Waals surface area contributed by atoms with Gasteiger partial charge >= 0.3 is 0 Å². The predicted molar refractivity (Wildman–Crippen MR) is 329 cm³/mol. The number of likely N-dealkylation sites (tertiary alicyclic amines) is 7. The second-order valence-corrected chi connectivity index (χ2v) is 28.3. The van der Waals surface area contributed by atoms with E-state index in [1.54, 1.807) is 0 Å². The largest absolute Gasteiger partial charge is 0.306 e. The van der Waals surface area contributed by atoms with Crippen LogP contribution in [-0.2, 0) is 0 Å². The molecule has 7 nitrogen and oxygen atoms in total. The Morgan fingerprint density at radius 1 is 0.315 bits per heavy atom. The van der Waals surface area contributed by atoms with Crippen molar-refractivity contribution in [2.45, 2.75) is 238 Å². The Morgan fingerprint density at radius 2 is 0.644 bits per heavy atom. The van der Waals surface area contributed by atoms with Crippen LogP contribution in [0.2, 0.25) is 0 Å². The van der Waals surface area contributed by atoms with E-state index in [4.69, 9.17) is 0 Å². The molecular formula is C66H139N7. The smallest absolute Gasteiger partial charge is 0.00951 e. The van der Waals surface area contributed by atoms with E-state index in [2.05, 4.69) is 173 Å². The Balaban J connectivity index is 0.000000426. The van der Waals surface area contributed by atoms with Crippen molar-refractivity contribution < 1.29 is 0 Å². The third kappa shape index (κ3) is 37.3. The summed E-state index contributed by atoms with van der Waals surface area (Å²) in [6.07, 6.45) is 25.6. The van der Waals surface area contributed by atoms with Crippen molar-refractivity contribution in [2.75, 3.05) is 126 Å². The molecule has 73 heavy (non-hydrogen) atoms. The van der Waals surface area contributed by atoms with E-state index < -0.39 is 0 Å². The number of hydrogen-bond donors (Lipinski definition) is 0. The van der Waals surface area contributed by atoms with Gasteiger partial charge < -0.3 is 34.3 Å². The number of hydrogen-bond acceptors (Lipinski definition) is 7. The van der Waals surface area contributed by atoms with E-state index in [-0.39, 0.29) is 0 Å². The van der Waals surface area contributed by atoms with Crippen molar-refractivity contribution in [1.29, 1.82) is 0 Å². The second-order valence-electron chi connectivity index (χ2n) is 28.3. The van der Waals surface area contributed by atoms with E-state index in [0.29, 0.717) is 0 Å². The summed E-state index contributed by atoms with van der Waals surface area (Å²) in [7, 11) is 8.95. The van der Waals surface area contributed by atoms with Gasteiger partial charge in [0.15, 0.2) is 0 Å². The lowest BCUT2D eigenvalue weighted by Crippen LogP contribution is -2.31. The molecule has 6 atom stereocenters. The average Bonchev–Trinajstić information content (AvgIpc) is 4.20. The van der Waals surface area contributed by atoms with E-state index in [9.17, 15) is 0 Å². The molecule has 7 saturated heterocycles. The van der Waals surface area contributed by atoms with Crippen molar-refractivity contribution in [3.8, 4) is 0 Å². The van der Waals surface area contributed by atoms with Gasteiger partial charge in [-0.15, -0.1) is 0 Å². The fourth-order valence-corrected chi connectivity index (χ4v) is 13.2. The molecule has 7 heterocycles. The minimum atomic E-state index is 0.866. The molecule has 0 aromatic rings. The molecule has 7 aliphatic rings. The molecule has 0 radical (unpaired) electrons. The third-order valence-corrected chi connectivity index (χ3v) is 17.1. The van der Waals surface area contributed by atoms with Crippen molar-refractivity contribution in [1.82, 2.24) is 34.3 Å². The Morgan fingerprint density at radius 3 is 0.890 bits per heavy atom. The molecule has 0 saturated carbocycles. The van der Waals surface area contributed by atoms with Crippen LogP contribution in [0.15, 0.2) is 0 Å². The molecule has 0 aromatic heterocycles. The predicted octanol–water partition coefficient (Wildman–Crippen LogP) is 15.5. The molecule has 0 bridgehead atoms. The first kappa shape index (κ1) is 70.7. The second kappa shape index (κ2) is 41.7. The highest BCUT2D eigenvalue weighted by atomic mass is 15.2. The zero-order valence-electron chi connectivity index (χ0n) is 54.0. The summed E-state index contributed by atoms with van der Waals surface area (Å²) in [6, 6.07) is 1.78. The van der Waals surface area contributed by atoms with Crippen LogP contribution in [0.1, 0.15) is 226 Å². The molecule has 7 rings (SSSR count). The first-order valence-corrected chi connectivity index (χ1v) is 32.4. The maximum absolute atomic E-state index is 2.61. The molecule has 0 spiro atoms. The van der Waals surface area contributed by atoms with E-state index in [1.807, 2.05) is 0 Å². The molecule has 7 fully saturated rings. The summed E-state index contributed by atoms with van der Waals surface area (Å²) in [5.74, 6) is 10.1. The quantitative estimate of drug-likeness (QED) is 0.143. The summed E-state index contributed by atoms with van der Waals surface area (Å²) >= 11 is 0. The molecule has 0 unspecified atom stereocenters. The van der Waals surface area contributed by atoms with E-state index in [0.717, 1.165) is 77.2 Å². The molecule has 0 amide bonds. The molecule has 438 valence electrons. The van der Waals surface area contributed by atoms with Gasteiger partial charge in [-0.25, -0.2) is 0 Å². The highest BCUT2D eigenvalue weighted by Crippen LogP contribution is 2.26. The van der Waals surface area contributed by atoms with Crippen LogP contribution in [0.25, 0.3) is 0 Å². The van der Waals surface area contributed by atoms with Crippen LogP contribution in [0, 0.1) is 65.1 Å². The molecule has 7 aliphatic heterocycles. The number of nitrogens with zero attached hydrogens (tertiary/aromatic N) is 7. The zero-order chi connectivity index (χ0) is 54.9. The number of piperidine rings is 1. The summed E-state index contributed by atoms with van der Waals surface area (Å²) in [5, 5.41) is 0. The monoisotopic (exact) mass is 1030 g/mol. The minimum Gasteiger partial charge on any atom is -0.306 e. The maximum atomic E-state index is 2.61. The summed E-state index contributed by atoms with van der Waals surface area (Å²) in [6.45, 7) is 56.8. The first-order valence-electron chi connectivity index (χ1n) is 32.4. The fourth-order valence-electron chi connectivity index (χ4n) is 13.2. The summed E-state index contributed by atoms with van der Waals surface area (Å²) in [5.41, 5.74) is 0. The van der Waals surface area contributed by atoms with Crippen molar-refractivity contribution in [2.24, 2.45) is 65.1 Å². The third-order valence-electron chi connectivity index (χ3n) is 17.1. The van der Waals surface area contributed by atoms with Crippen molar-refractivity contribution in [3.63, 3.8) is 0 Å². The minimum absolute atomic E-state index is 0.866. The molecule has 7 heteroatoms. The van der Waals surface area contributed by atoms with Crippen LogP contribution >= 0.6 is 0 Å². The molecule has 0 aliphatic carbocycles. The Labute approximate surface area is 462 Å². The van der Waals surface area contributed by atoms with Gasteiger partial charge in [0.2, 0.25) is 0 Å². The lowest BCUT2D eigenvalue weighted by atomic mass is 9.97. The van der Waals surface area contributed by atoms with E-state index in [1.165, 1.54) is 214 Å². The highest BCUT2D eigenvalue weighted by Gasteiger charge is 2.25. The van der Waals surface area contributed by atoms with Crippen molar-refractivity contribution in [3.05, 3.63) is 0 Å². The van der Waals surface area contributed by atoms with Crippen LogP contribution < -0.4 is 0 Å². The van der Waals surface area contributed by atoms with Gasteiger partial charge in [0.05, 0.1) is 0 Å². The standard InChI is InChI=1S/3C10H21N.4C9H19N/c1-10(2)6-9-11-7-4-3-5-8-11;2*1-4-11-6-5-10(8-11)7-9(2)3;2*1-8(2)6-9-4-5-10(3)7-9;2*1-8(2)7-9-5-4-6-10(9)3/h10H,3-9H2,1-2H3;2*9-10H,4-8H2,1-3H3;4*8-9H,4-7H2,1-3H3/t;2*10-;4*9-/m.101010/s1. The van der Waals surface area contributed by atoms with Crippen molar-refractivity contribution >= 4 is 0 Å². The average molecular weight is 1030 g/mol. The van der Waals surface area contributed by atoms with Crippen LogP contribution in [0.4, 0.5) is 0 Å². The van der Waals surface area contributed by atoms with Gasteiger partial charge in [0.25, 0.3) is 0 Å². The van der Waals surface area contributed by atoms with E-state index >= 15 is 0 Å². The van der Waals surface area contributed by atoms with Crippen LogP contribution in [0.3, 0.4) is 0 Å². The summed E-state index contributed by atoms with van der Waals surface area (Å²) in [4.78, 5) is 17.6. The lowest BCUT2D eigenvalue weighted by molar-refractivity contribution is 0.217. The Hall–Kier alpha value is -0.280. The molecular weight excluding hydrogens is 891 g/mol. The van der Waals surface area contributed by atoms with Gasteiger partial charge in [0.1, 0.15) is 0 Å². The Kier molecular flexibility index (Phi) is 40.4. The van der Waals surface area contributed by atoms with Gasteiger partial charge in [-0.05, 0) is 274 Å². The zero-order valence-corrected chi connectivity index (χ0v) is 54.0. The maximum Gasteiger partial charge on any atom is 0.00951 e. The lowest BCUT2D eigenvalue weighted by Gasteiger charge is -2.26. The van der Waals surface area contributed by atoms with Gasteiger partial charge in [-0.3, -0.25) is 0 Å². The van der Waals surface area contributed by atoms with Crippen LogP contribution in [-0.4, -0.2) is 173 Å².